The van der Waals surface area contributed by atoms with E-state index in [-0.39, 0.29) is 23.8 Å². The molecule has 1 fully saturated rings. The summed E-state index contributed by atoms with van der Waals surface area (Å²) in [5.74, 6) is -0.315. The first-order valence-corrected chi connectivity index (χ1v) is 7.29. The van der Waals surface area contributed by atoms with Gasteiger partial charge in [-0.05, 0) is 5.56 Å². The van der Waals surface area contributed by atoms with Crippen molar-refractivity contribution in [2.45, 2.75) is 6.10 Å². The van der Waals surface area contributed by atoms with Crippen LogP contribution in [0.2, 0.25) is 0 Å². The second-order valence-electron chi connectivity index (χ2n) is 5.08. The van der Waals surface area contributed by atoms with Gasteiger partial charge in [-0.1, -0.05) is 30.3 Å². The molecule has 1 saturated heterocycles. The van der Waals surface area contributed by atoms with E-state index in [1.807, 2.05) is 30.3 Å². The van der Waals surface area contributed by atoms with E-state index in [0.717, 1.165) is 5.56 Å². The highest BCUT2D eigenvalue weighted by Crippen LogP contribution is 2.25. The Hall–Kier alpha value is -2.96. The zero-order chi connectivity index (χ0) is 16.1. The molecular weight excluding hydrogens is 296 g/mol. The number of rotatable bonds is 5. The van der Waals surface area contributed by atoms with Gasteiger partial charge in [-0.2, -0.15) is 0 Å². The third-order valence-corrected chi connectivity index (χ3v) is 3.52. The molecule has 1 aromatic heterocycles. The van der Waals surface area contributed by atoms with Gasteiger partial charge in [0.15, 0.2) is 0 Å². The molecule has 1 N–H and O–H groups in total. The molecule has 23 heavy (non-hydrogen) atoms. The number of carbonyl (C=O) groups is 2. The highest BCUT2D eigenvalue weighted by atomic mass is 16.6. The van der Waals surface area contributed by atoms with Gasteiger partial charge in [-0.3, -0.25) is 9.78 Å². The first kappa shape index (κ1) is 15.0. The molecule has 118 valence electrons. The summed E-state index contributed by atoms with van der Waals surface area (Å²) < 4.78 is 5.35. The Balaban J connectivity index is 1.49. The molecule has 7 heteroatoms. The fourth-order valence-corrected chi connectivity index (χ4v) is 2.34. The molecule has 0 saturated carbocycles. The number of nitrogens with zero attached hydrogens (tertiary/aromatic N) is 3. The van der Waals surface area contributed by atoms with Crippen molar-refractivity contribution in [1.82, 2.24) is 20.2 Å². The van der Waals surface area contributed by atoms with Crippen molar-refractivity contribution in [3.63, 3.8) is 0 Å². The number of hydrogen-bond donors (Lipinski definition) is 1. The third kappa shape index (κ3) is 3.63. The standard InChI is InChI=1S/C16H16N4O3/c21-15(13-10-17-6-7-18-13)19-8-9-20-11-14(23-16(20)22)12-4-2-1-3-5-12/h1-7,10,14H,8-9,11H2,(H,19,21). The van der Waals surface area contributed by atoms with Crippen molar-refractivity contribution >= 4 is 12.0 Å². The number of cyclic esters (lactones) is 1. The lowest BCUT2D eigenvalue weighted by Crippen LogP contribution is -2.35. The summed E-state index contributed by atoms with van der Waals surface area (Å²) in [7, 11) is 0. The van der Waals surface area contributed by atoms with Gasteiger partial charge in [0.2, 0.25) is 0 Å². The zero-order valence-electron chi connectivity index (χ0n) is 12.4. The summed E-state index contributed by atoms with van der Waals surface area (Å²) in [5, 5.41) is 2.71. The molecule has 0 radical (unpaired) electrons. The quantitative estimate of drug-likeness (QED) is 0.902. The summed E-state index contributed by atoms with van der Waals surface area (Å²) in [6.45, 7) is 1.18. The fraction of sp³-hybridized carbons (Fsp3) is 0.250. The van der Waals surface area contributed by atoms with Crippen LogP contribution in [0.25, 0.3) is 0 Å². The minimum atomic E-state index is -0.368. The van der Waals surface area contributed by atoms with Gasteiger partial charge >= 0.3 is 6.09 Å². The zero-order valence-corrected chi connectivity index (χ0v) is 12.4. The molecule has 1 atom stereocenters. The fourth-order valence-electron chi connectivity index (χ4n) is 2.34. The monoisotopic (exact) mass is 312 g/mol. The van der Waals surface area contributed by atoms with Gasteiger partial charge in [0.05, 0.1) is 12.7 Å². The normalized spacial score (nSPS) is 17.0. The van der Waals surface area contributed by atoms with Crippen LogP contribution < -0.4 is 5.32 Å². The molecule has 1 aliphatic heterocycles. The van der Waals surface area contributed by atoms with Gasteiger partial charge in [0, 0.05) is 25.5 Å². The average Bonchev–Trinajstić information content (AvgIpc) is 2.97. The van der Waals surface area contributed by atoms with Gasteiger partial charge in [-0.15, -0.1) is 0 Å². The molecule has 1 aromatic carbocycles. The van der Waals surface area contributed by atoms with E-state index in [2.05, 4.69) is 15.3 Å². The Morgan fingerprint density at radius 1 is 1.30 bits per heavy atom. The Kier molecular flexibility index (Phi) is 4.46. The van der Waals surface area contributed by atoms with E-state index in [1.54, 1.807) is 4.90 Å². The van der Waals surface area contributed by atoms with Crippen LogP contribution in [0, 0.1) is 0 Å². The lowest BCUT2D eigenvalue weighted by Gasteiger charge is -2.13. The van der Waals surface area contributed by atoms with Crippen LogP contribution in [0.15, 0.2) is 48.9 Å². The molecule has 0 aliphatic carbocycles. The maximum absolute atomic E-state index is 11.9. The molecule has 1 unspecified atom stereocenters. The van der Waals surface area contributed by atoms with E-state index in [1.165, 1.54) is 18.6 Å². The third-order valence-electron chi connectivity index (χ3n) is 3.52. The molecule has 7 nitrogen and oxygen atoms in total. The summed E-state index contributed by atoms with van der Waals surface area (Å²) in [6, 6.07) is 9.59. The number of benzene rings is 1. The van der Waals surface area contributed by atoms with E-state index in [4.69, 9.17) is 4.74 Å². The van der Waals surface area contributed by atoms with Crippen molar-refractivity contribution in [2.24, 2.45) is 0 Å². The molecule has 0 spiro atoms. The second-order valence-corrected chi connectivity index (χ2v) is 5.08. The number of nitrogens with one attached hydrogen (secondary N) is 1. The van der Waals surface area contributed by atoms with Crippen LogP contribution in [-0.2, 0) is 4.74 Å². The van der Waals surface area contributed by atoms with E-state index < -0.39 is 0 Å². The highest BCUT2D eigenvalue weighted by molar-refractivity contribution is 5.91. The number of carbonyl (C=O) groups excluding carboxylic acids is 2. The summed E-state index contributed by atoms with van der Waals surface area (Å²) in [6.07, 6.45) is 3.72. The minimum Gasteiger partial charge on any atom is -0.439 e. The van der Waals surface area contributed by atoms with Crippen LogP contribution in [0.3, 0.4) is 0 Å². The molecule has 0 bridgehead atoms. The predicted octanol–water partition coefficient (Wildman–Crippen LogP) is 1.40. The van der Waals surface area contributed by atoms with Crippen molar-refractivity contribution in [3.8, 4) is 0 Å². The van der Waals surface area contributed by atoms with Crippen molar-refractivity contribution in [1.29, 1.82) is 0 Å². The first-order valence-electron chi connectivity index (χ1n) is 7.29. The lowest BCUT2D eigenvalue weighted by molar-refractivity contribution is 0.0943. The number of hydrogen-bond acceptors (Lipinski definition) is 5. The van der Waals surface area contributed by atoms with Crippen LogP contribution in [0.5, 0.6) is 0 Å². The lowest BCUT2D eigenvalue weighted by atomic mass is 10.1. The Morgan fingerprint density at radius 2 is 2.13 bits per heavy atom. The summed E-state index contributed by atoms with van der Waals surface area (Å²) in [4.78, 5) is 33.0. The molecule has 2 amide bonds. The van der Waals surface area contributed by atoms with E-state index in [9.17, 15) is 9.59 Å². The van der Waals surface area contributed by atoms with Gasteiger partial charge in [0.25, 0.3) is 5.91 Å². The Bertz CT molecular complexity index is 678. The number of ether oxygens (including phenoxy) is 1. The van der Waals surface area contributed by atoms with Gasteiger partial charge < -0.3 is 15.0 Å². The van der Waals surface area contributed by atoms with Crippen LogP contribution in [0.4, 0.5) is 4.79 Å². The molecule has 3 rings (SSSR count). The summed E-state index contributed by atoms with van der Waals surface area (Å²) >= 11 is 0. The topological polar surface area (TPSA) is 84.4 Å². The van der Waals surface area contributed by atoms with Crippen LogP contribution in [-0.4, -0.2) is 46.5 Å². The number of aromatic nitrogens is 2. The molecular formula is C16H16N4O3. The minimum absolute atomic E-state index is 0.249. The van der Waals surface area contributed by atoms with E-state index in [0.29, 0.717) is 19.6 Å². The van der Waals surface area contributed by atoms with Gasteiger partial charge in [0.1, 0.15) is 11.8 Å². The highest BCUT2D eigenvalue weighted by Gasteiger charge is 2.31. The average molecular weight is 312 g/mol. The summed E-state index contributed by atoms with van der Waals surface area (Å²) in [5.41, 5.74) is 1.21. The molecule has 1 aliphatic rings. The SMILES string of the molecule is O=C(NCCN1CC(c2ccccc2)OC1=O)c1cnccn1. The van der Waals surface area contributed by atoms with Crippen LogP contribution >= 0.6 is 0 Å². The van der Waals surface area contributed by atoms with E-state index >= 15 is 0 Å². The maximum atomic E-state index is 11.9. The Labute approximate surface area is 133 Å². The Morgan fingerprint density at radius 3 is 2.87 bits per heavy atom. The number of amides is 2. The van der Waals surface area contributed by atoms with Crippen molar-refractivity contribution in [3.05, 3.63) is 60.2 Å². The smallest absolute Gasteiger partial charge is 0.410 e. The second kappa shape index (κ2) is 6.87. The largest absolute Gasteiger partial charge is 0.439 e. The van der Waals surface area contributed by atoms with Crippen molar-refractivity contribution < 1.29 is 14.3 Å². The predicted molar refractivity (Wildman–Crippen MR) is 81.6 cm³/mol. The van der Waals surface area contributed by atoms with Crippen molar-refractivity contribution in [2.75, 3.05) is 19.6 Å². The van der Waals surface area contributed by atoms with Crippen LogP contribution in [0.1, 0.15) is 22.2 Å². The van der Waals surface area contributed by atoms with Gasteiger partial charge in [-0.25, -0.2) is 9.78 Å². The first-order chi connectivity index (χ1) is 11.2. The molecule has 2 heterocycles. The molecule has 2 aromatic rings. The maximum Gasteiger partial charge on any atom is 0.410 e.